The van der Waals surface area contributed by atoms with E-state index in [2.05, 4.69) is 52.0 Å². The van der Waals surface area contributed by atoms with Crippen LogP contribution < -0.4 is 29.6 Å². The fourth-order valence-electron chi connectivity index (χ4n) is 1.18. The summed E-state index contributed by atoms with van der Waals surface area (Å²) in [4.78, 5) is 0. The van der Waals surface area contributed by atoms with E-state index in [0.717, 1.165) is 0 Å². The van der Waals surface area contributed by atoms with Crippen LogP contribution >= 0.6 is 0 Å². The molecule has 0 spiro atoms. The Morgan fingerprint density at radius 3 is 1.57 bits per heavy atom. The summed E-state index contributed by atoms with van der Waals surface area (Å²) in [7, 11) is 0. The van der Waals surface area contributed by atoms with Crippen LogP contribution in [0.15, 0.2) is 18.2 Å². The van der Waals surface area contributed by atoms with Gasteiger partial charge in [0.15, 0.2) is 0 Å². The maximum atomic E-state index is 3.19. The fraction of sp³-hybridized carbons (Fsp3) is 0.500. The zero-order valence-electron chi connectivity index (χ0n) is 9.70. The third-order valence-corrected chi connectivity index (χ3v) is 2.17. The van der Waals surface area contributed by atoms with Gasteiger partial charge in [0.25, 0.3) is 0 Å². The molecule has 0 aliphatic rings. The Balaban J connectivity index is 0. The van der Waals surface area contributed by atoms with Crippen molar-refractivity contribution in [1.29, 1.82) is 0 Å². The molecule has 0 aliphatic carbocycles. The van der Waals surface area contributed by atoms with E-state index in [-0.39, 0.29) is 46.0 Å². The smallest absolute Gasteiger partial charge is 0.183 e. The Labute approximate surface area is 120 Å². The Morgan fingerprint density at radius 2 is 1.29 bits per heavy atom. The van der Waals surface area contributed by atoms with Gasteiger partial charge in [0.2, 0.25) is 0 Å². The van der Waals surface area contributed by atoms with Crippen LogP contribution in [0.2, 0.25) is 0 Å². The Morgan fingerprint density at radius 1 is 0.929 bits per heavy atom. The van der Waals surface area contributed by atoms with Gasteiger partial charge in [-0.15, -0.1) is 0 Å². The summed E-state index contributed by atoms with van der Waals surface area (Å²) < 4.78 is 0. The van der Waals surface area contributed by atoms with Crippen LogP contribution in [0.25, 0.3) is 0 Å². The summed E-state index contributed by atoms with van der Waals surface area (Å²) in [5.41, 5.74) is 2.78. The first-order valence-electron chi connectivity index (χ1n) is 4.62. The molecule has 1 rings (SSSR count). The van der Waals surface area contributed by atoms with Crippen molar-refractivity contribution in [2.24, 2.45) is 0 Å². The molecule has 0 aromatic heterocycles. The molecule has 1 aromatic rings. The summed E-state index contributed by atoms with van der Waals surface area (Å²) in [6.45, 7) is 8.86. The Hall–Kier alpha value is 0.714. The van der Waals surface area contributed by atoms with Crippen LogP contribution in [0.3, 0.4) is 0 Å². The van der Waals surface area contributed by atoms with Gasteiger partial charge in [-0.3, -0.25) is 0 Å². The minimum atomic E-state index is 0. The van der Waals surface area contributed by atoms with Crippen LogP contribution in [0.1, 0.15) is 50.7 Å². The van der Waals surface area contributed by atoms with Gasteiger partial charge < -0.3 is 0 Å². The quantitative estimate of drug-likeness (QED) is 0.530. The van der Waals surface area contributed by atoms with Crippen molar-refractivity contribution in [3.05, 3.63) is 35.4 Å². The summed E-state index contributed by atoms with van der Waals surface area (Å²) in [5, 5.41) is 0. The van der Waals surface area contributed by atoms with Gasteiger partial charge in [0.05, 0.1) is 0 Å². The third-order valence-electron chi connectivity index (χ3n) is 2.17. The van der Waals surface area contributed by atoms with Crippen LogP contribution in [0.5, 0.6) is 0 Å². The summed E-state index contributed by atoms with van der Waals surface area (Å²) in [6.07, 6.45) is 0. The largest absolute Gasteiger partial charge is 1.00 e. The second-order valence-electron chi connectivity index (χ2n) is 3.91. The van der Waals surface area contributed by atoms with E-state index in [1.807, 2.05) is 0 Å². The van der Waals surface area contributed by atoms with E-state index in [1.54, 1.807) is 0 Å². The van der Waals surface area contributed by atoms with E-state index in [1.165, 1.54) is 11.1 Å². The SMILES string of the molecule is CC(C)c1c[c-]cc(C(C)C)c1.[Na+].[Ni]. The van der Waals surface area contributed by atoms with Crippen LogP contribution in [0, 0.1) is 6.07 Å². The van der Waals surface area contributed by atoms with Gasteiger partial charge in [0.1, 0.15) is 0 Å². The zero-order chi connectivity index (χ0) is 9.14. The monoisotopic (exact) mass is 242 g/mol. The first-order valence-corrected chi connectivity index (χ1v) is 4.62. The molecule has 0 atom stereocenters. The first-order chi connectivity index (χ1) is 5.61. The summed E-state index contributed by atoms with van der Waals surface area (Å²) >= 11 is 0. The summed E-state index contributed by atoms with van der Waals surface area (Å²) in [5.74, 6) is 1.22. The molecular weight excluding hydrogens is 226 g/mol. The van der Waals surface area contributed by atoms with Gasteiger partial charge in [-0.2, -0.15) is 35.4 Å². The van der Waals surface area contributed by atoms with Gasteiger partial charge in [-0.05, 0) is 0 Å². The molecule has 0 nitrogen and oxygen atoms in total. The van der Waals surface area contributed by atoms with Crippen molar-refractivity contribution in [2.45, 2.75) is 39.5 Å². The minimum Gasteiger partial charge on any atom is -0.183 e. The van der Waals surface area contributed by atoms with Crippen molar-refractivity contribution in [1.82, 2.24) is 0 Å². The molecule has 0 saturated heterocycles. The van der Waals surface area contributed by atoms with E-state index in [4.69, 9.17) is 0 Å². The predicted molar refractivity (Wildman–Crippen MR) is 53.5 cm³/mol. The normalized spacial score (nSPS) is 9.57. The molecule has 0 saturated carbocycles. The second kappa shape index (κ2) is 7.93. The fourth-order valence-corrected chi connectivity index (χ4v) is 1.18. The molecule has 0 N–H and O–H groups in total. The number of benzene rings is 1. The maximum Gasteiger partial charge on any atom is 1.00 e. The average molecular weight is 243 g/mol. The first kappa shape index (κ1) is 17.1. The molecule has 0 radical (unpaired) electrons. The number of hydrogen-bond acceptors (Lipinski definition) is 0. The van der Waals surface area contributed by atoms with Crippen LogP contribution in [0.4, 0.5) is 0 Å². The Bertz CT molecular complexity index is 233. The van der Waals surface area contributed by atoms with Crippen molar-refractivity contribution in [2.75, 3.05) is 0 Å². The molecule has 2 heteroatoms. The van der Waals surface area contributed by atoms with Crippen LogP contribution in [-0.2, 0) is 16.5 Å². The maximum absolute atomic E-state index is 3.19. The predicted octanol–water partition coefficient (Wildman–Crippen LogP) is 0.735. The van der Waals surface area contributed by atoms with Crippen molar-refractivity contribution >= 4 is 0 Å². The topological polar surface area (TPSA) is 0 Å². The van der Waals surface area contributed by atoms with Gasteiger partial charge >= 0.3 is 29.6 Å². The third kappa shape index (κ3) is 4.98. The number of hydrogen-bond donors (Lipinski definition) is 0. The second-order valence-corrected chi connectivity index (χ2v) is 3.91. The molecular formula is C12H17NaNi. The minimum absolute atomic E-state index is 0. The molecule has 0 aliphatic heterocycles. The van der Waals surface area contributed by atoms with E-state index in [9.17, 15) is 0 Å². The molecule has 0 unspecified atom stereocenters. The Kier molecular flexibility index (Phi) is 9.70. The standard InChI is InChI=1S/C12H17.Na.Ni/c1-9(2)11-6-5-7-12(8-11)10(3)4;;/h6-10H,1-4H3;;/q-1;+1;. The average Bonchev–Trinajstić information content (AvgIpc) is 2.04. The van der Waals surface area contributed by atoms with Crippen molar-refractivity contribution in [3.63, 3.8) is 0 Å². The van der Waals surface area contributed by atoms with E-state index < -0.39 is 0 Å². The van der Waals surface area contributed by atoms with Gasteiger partial charge in [0, 0.05) is 16.5 Å². The van der Waals surface area contributed by atoms with Gasteiger partial charge in [-0.25, -0.2) is 0 Å². The van der Waals surface area contributed by atoms with Crippen molar-refractivity contribution < 1.29 is 46.0 Å². The number of rotatable bonds is 2. The molecule has 0 heterocycles. The molecule has 1 aromatic carbocycles. The zero-order valence-corrected chi connectivity index (χ0v) is 12.7. The van der Waals surface area contributed by atoms with E-state index in [0.29, 0.717) is 11.8 Å². The summed E-state index contributed by atoms with van der Waals surface area (Å²) in [6, 6.07) is 9.64. The van der Waals surface area contributed by atoms with Crippen LogP contribution in [-0.4, -0.2) is 0 Å². The molecule has 0 bridgehead atoms. The molecule has 14 heavy (non-hydrogen) atoms. The molecule has 76 valence electrons. The van der Waals surface area contributed by atoms with Gasteiger partial charge in [-0.1, -0.05) is 39.5 Å². The van der Waals surface area contributed by atoms with Crippen molar-refractivity contribution in [3.8, 4) is 0 Å². The molecule has 0 fully saturated rings. The van der Waals surface area contributed by atoms with E-state index >= 15 is 0 Å². The molecule has 0 amide bonds.